The van der Waals surface area contributed by atoms with Gasteiger partial charge >= 0.3 is 0 Å². The van der Waals surface area contributed by atoms with Crippen LogP contribution >= 0.6 is 11.3 Å². The lowest BCUT2D eigenvalue weighted by Gasteiger charge is -2.22. The predicted octanol–water partition coefficient (Wildman–Crippen LogP) is 2.21. The third-order valence-electron chi connectivity index (χ3n) is 3.80. The molecule has 0 saturated carbocycles. The van der Waals surface area contributed by atoms with Crippen molar-refractivity contribution in [2.45, 2.75) is 31.7 Å². The number of aliphatic hydroxyl groups excluding tert-OH is 1. The van der Waals surface area contributed by atoms with Crippen LogP contribution in [-0.4, -0.2) is 40.1 Å². The third-order valence-corrected chi connectivity index (χ3v) is 4.90. The number of thiazole rings is 1. The van der Waals surface area contributed by atoms with Crippen molar-refractivity contribution >= 4 is 27.5 Å². The monoisotopic (exact) mass is 290 g/mol. The first kappa shape index (κ1) is 13.5. The van der Waals surface area contributed by atoms with Gasteiger partial charge in [-0.15, -0.1) is 11.3 Å². The summed E-state index contributed by atoms with van der Waals surface area (Å²) in [4.78, 5) is 18.6. The second-order valence-corrected chi connectivity index (χ2v) is 6.26. The van der Waals surface area contributed by atoms with E-state index in [9.17, 15) is 9.90 Å². The second kappa shape index (κ2) is 5.89. The molecule has 1 aliphatic rings. The third kappa shape index (κ3) is 2.69. The molecular weight excluding hydrogens is 272 g/mol. The van der Waals surface area contributed by atoms with Crippen LogP contribution in [0.2, 0.25) is 0 Å². The van der Waals surface area contributed by atoms with Gasteiger partial charge in [-0.25, -0.2) is 4.98 Å². The fraction of sp³-hybridized carbons (Fsp3) is 0.467. The molecule has 3 rings (SSSR count). The van der Waals surface area contributed by atoms with E-state index in [0.29, 0.717) is 12.8 Å². The Balaban J connectivity index is 1.62. The van der Waals surface area contributed by atoms with Crippen molar-refractivity contribution in [2.75, 3.05) is 13.2 Å². The second-order valence-electron chi connectivity index (χ2n) is 5.14. The number of benzene rings is 1. The van der Waals surface area contributed by atoms with Gasteiger partial charge in [0, 0.05) is 19.4 Å². The fourth-order valence-corrected chi connectivity index (χ4v) is 3.71. The largest absolute Gasteiger partial charge is 0.394 e. The van der Waals surface area contributed by atoms with E-state index < -0.39 is 0 Å². The van der Waals surface area contributed by atoms with Gasteiger partial charge in [-0.2, -0.15) is 0 Å². The molecule has 1 saturated heterocycles. The number of carbonyl (C=O) groups is 1. The summed E-state index contributed by atoms with van der Waals surface area (Å²) in [6, 6.07) is 8.07. The maximum atomic E-state index is 12.2. The van der Waals surface area contributed by atoms with Crippen molar-refractivity contribution in [3.05, 3.63) is 29.3 Å². The SMILES string of the molecule is O=C(CCc1nc2ccccc2s1)N1CCCC1CO. The van der Waals surface area contributed by atoms with Crippen LogP contribution in [0.25, 0.3) is 10.2 Å². The summed E-state index contributed by atoms with van der Waals surface area (Å²) in [6.45, 7) is 0.858. The molecule has 0 radical (unpaired) electrons. The molecule has 0 aliphatic carbocycles. The lowest BCUT2D eigenvalue weighted by atomic mass is 10.2. The number of hydrogen-bond acceptors (Lipinski definition) is 4. The number of rotatable bonds is 4. The zero-order valence-corrected chi connectivity index (χ0v) is 12.1. The van der Waals surface area contributed by atoms with E-state index in [0.717, 1.165) is 29.9 Å². The minimum atomic E-state index is 0.0258. The van der Waals surface area contributed by atoms with E-state index in [-0.39, 0.29) is 18.6 Å². The summed E-state index contributed by atoms with van der Waals surface area (Å²) in [5.74, 6) is 0.140. The summed E-state index contributed by atoms with van der Waals surface area (Å²) < 4.78 is 1.17. The zero-order chi connectivity index (χ0) is 13.9. The zero-order valence-electron chi connectivity index (χ0n) is 11.3. The standard InChI is InChI=1S/C15H18N2O2S/c18-10-11-4-3-9-17(11)15(19)8-7-14-16-12-5-1-2-6-13(12)20-14/h1-2,5-6,11,18H,3-4,7-10H2. The van der Waals surface area contributed by atoms with E-state index in [2.05, 4.69) is 11.1 Å². The number of likely N-dealkylation sites (tertiary alicyclic amines) is 1. The highest BCUT2D eigenvalue weighted by atomic mass is 32.1. The predicted molar refractivity (Wildman–Crippen MR) is 79.8 cm³/mol. The fourth-order valence-electron chi connectivity index (χ4n) is 2.74. The van der Waals surface area contributed by atoms with Crippen molar-refractivity contribution in [2.24, 2.45) is 0 Å². The van der Waals surface area contributed by atoms with Gasteiger partial charge in [-0.05, 0) is 25.0 Å². The Morgan fingerprint density at radius 3 is 3.10 bits per heavy atom. The highest BCUT2D eigenvalue weighted by molar-refractivity contribution is 7.18. The van der Waals surface area contributed by atoms with Gasteiger partial charge in [0.25, 0.3) is 0 Å². The average Bonchev–Trinajstić information content (AvgIpc) is 3.10. The molecule has 20 heavy (non-hydrogen) atoms. The number of carbonyl (C=O) groups excluding carboxylic acids is 1. The number of aliphatic hydroxyl groups is 1. The minimum Gasteiger partial charge on any atom is -0.394 e. The highest BCUT2D eigenvalue weighted by Gasteiger charge is 2.27. The average molecular weight is 290 g/mol. The highest BCUT2D eigenvalue weighted by Crippen LogP contribution is 2.23. The van der Waals surface area contributed by atoms with E-state index in [1.807, 2.05) is 23.1 Å². The van der Waals surface area contributed by atoms with Crippen molar-refractivity contribution in [3.63, 3.8) is 0 Å². The molecule has 1 unspecified atom stereocenters. The molecule has 2 heterocycles. The summed E-state index contributed by atoms with van der Waals surface area (Å²) in [7, 11) is 0. The summed E-state index contributed by atoms with van der Waals surface area (Å²) in [6.07, 6.45) is 3.09. The molecule has 1 aliphatic heterocycles. The molecule has 1 amide bonds. The molecule has 106 valence electrons. The lowest BCUT2D eigenvalue weighted by Crippen LogP contribution is -2.37. The molecule has 1 aromatic carbocycles. The van der Waals surface area contributed by atoms with E-state index in [1.165, 1.54) is 4.70 Å². The molecule has 0 spiro atoms. The number of aromatic nitrogens is 1. The van der Waals surface area contributed by atoms with Crippen LogP contribution in [0.1, 0.15) is 24.3 Å². The topological polar surface area (TPSA) is 53.4 Å². The number of amides is 1. The molecule has 2 aromatic rings. The van der Waals surface area contributed by atoms with Gasteiger partial charge < -0.3 is 10.0 Å². The molecule has 1 atom stereocenters. The Labute approximate surface area is 122 Å². The Bertz CT molecular complexity index is 578. The maximum absolute atomic E-state index is 12.2. The molecule has 1 aromatic heterocycles. The molecular formula is C15H18N2O2S. The van der Waals surface area contributed by atoms with Crippen LogP contribution < -0.4 is 0 Å². The van der Waals surface area contributed by atoms with Gasteiger partial charge in [0.15, 0.2) is 0 Å². The van der Waals surface area contributed by atoms with Gasteiger partial charge in [0.05, 0.1) is 27.9 Å². The van der Waals surface area contributed by atoms with Crippen molar-refractivity contribution in [1.29, 1.82) is 0 Å². The van der Waals surface area contributed by atoms with Crippen LogP contribution in [0.4, 0.5) is 0 Å². The molecule has 1 N–H and O–H groups in total. The van der Waals surface area contributed by atoms with Crippen LogP contribution in [0, 0.1) is 0 Å². The van der Waals surface area contributed by atoms with Gasteiger partial charge in [-0.1, -0.05) is 12.1 Å². The molecule has 1 fully saturated rings. The first-order valence-electron chi connectivity index (χ1n) is 7.02. The van der Waals surface area contributed by atoms with Gasteiger partial charge in [0.1, 0.15) is 0 Å². The van der Waals surface area contributed by atoms with Crippen LogP contribution in [-0.2, 0) is 11.2 Å². The Kier molecular flexibility index (Phi) is 3.98. The van der Waals surface area contributed by atoms with E-state index in [1.54, 1.807) is 11.3 Å². The first-order valence-corrected chi connectivity index (χ1v) is 7.84. The quantitative estimate of drug-likeness (QED) is 0.939. The number of para-hydroxylation sites is 1. The Hall–Kier alpha value is -1.46. The molecule has 5 heteroatoms. The van der Waals surface area contributed by atoms with Gasteiger partial charge in [0.2, 0.25) is 5.91 Å². The van der Waals surface area contributed by atoms with Crippen molar-refractivity contribution in [3.8, 4) is 0 Å². The smallest absolute Gasteiger partial charge is 0.223 e. The number of hydrogen-bond donors (Lipinski definition) is 1. The minimum absolute atomic E-state index is 0.0258. The van der Waals surface area contributed by atoms with Crippen molar-refractivity contribution < 1.29 is 9.90 Å². The van der Waals surface area contributed by atoms with Crippen molar-refractivity contribution in [1.82, 2.24) is 9.88 Å². The summed E-state index contributed by atoms with van der Waals surface area (Å²) >= 11 is 1.66. The van der Waals surface area contributed by atoms with Crippen LogP contribution in [0.15, 0.2) is 24.3 Å². The van der Waals surface area contributed by atoms with Crippen LogP contribution in [0.5, 0.6) is 0 Å². The normalized spacial score (nSPS) is 18.9. The van der Waals surface area contributed by atoms with Crippen LogP contribution in [0.3, 0.4) is 0 Å². The number of nitrogens with zero attached hydrogens (tertiary/aromatic N) is 2. The van der Waals surface area contributed by atoms with E-state index >= 15 is 0 Å². The Morgan fingerprint density at radius 1 is 1.45 bits per heavy atom. The molecule has 4 nitrogen and oxygen atoms in total. The lowest BCUT2D eigenvalue weighted by molar-refractivity contribution is -0.132. The number of fused-ring (bicyclic) bond motifs is 1. The van der Waals surface area contributed by atoms with E-state index in [4.69, 9.17) is 0 Å². The summed E-state index contributed by atoms with van der Waals surface area (Å²) in [5.41, 5.74) is 1.01. The maximum Gasteiger partial charge on any atom is 0.223 e. The Morgan fingerprint density at radius 2 is 2.30 bits per heavy atom. The summed E-state index contributed by atoms with van der Waals surface area (Å²) in [5, 5.41) is 10.3. The molecule has 0 bridgehead atoms. The number of aryl methyl sites for hydroxylation is 1. The van der Waals surface area contributed by atoms with Gasteiger partial charge in [-0.3, -0.25) is 4.79 Å². The first-order chi connectivity index (χ1) is 9.78.